The number of ether oxygens (including phenoxy) is 1. The highest BCUT2D eigenvalue weighted by molar-refractivity contribution is 5.76. The second-order valence-corrected chi connectivity index (χ2v) is 5.97. The Balaban J connectivity index is 1.73. The molecular weight excluding hydrogens is 228 g/mol. The van der Waals surface area contributed by atoms with Crippen molar-refractivity contribution in [1.82, 2.24) is 10.6 Å². The molecule has 2 fully saturated rings. The van der Waals surface area contributed by atoms with Crippen molar-refractivity contribution in [2.45, 2.75) is 51.7 Å². The van der Waals surface area contributed by atoms with Gasteiger partial charge in [0.15, 0.2) is 0 Å². The lowest BCUT2D eigenvalue weighted by molar-refractivity contribution is -0.125. The van der Waals surface area contributed by atoms with Gasteiger partial charge in [-0.15, -0.1) is 0 Å². The minimum absolute atomic E-state index is 0.0524. The average Bonchev–Trinajstić information content (AvgIpc) is 2.34. The predicted molar refractivity (Wildman–Crippen MR) is 71.3 cm³/mol. The van der Waals surface area contributed by atoms with Crippen LogP contribution in [0.2, 0.25) is 0 Å². The third-order valence-electron chi connectivity index (χ3n) is 4.20. The zero-order valence-electron chi connectivity index (χ0n) is 11.6. The highest BCUT2D eigenvalue weighted by Crippen LogP contribution is 2.28. The molecule has 2 rings (SSSR count). The largest absolute Gasteiger partial charge is 0.375 e. The number of morpholine rings is 1. The van der Waals surface area contributed by atoms with E-state index >= 15 is 0 Å². The molecule has 1 saturated heterocycles. The van der Waals surface area contributed by atoms with E-state index in [2.05, 4.69) is 24.5 Å². The zero-order chi connectivity index (χ0) is 13.0. The first kappa shape index (κ1) is 13.8. The van der Waals surface area contributed by atoms with Gasteiger partial charge >= 0.3 is 0 Å². The van der Waals surface area contributed by atoms with E-state index in [1.54, 1.807) is 0 Å². The van der Waals surface area contributed by atoms with E-state index in [1.807, 2.05) is 0 Å². The maximum Gasteiger partial charge on any atom is 0.222 e. The summed E-state index contributed by atoms with van der Waals surface area (Å²) in [5.74, 6) is 1.55. The van der Waals surface area contributed by atoms with Gasteiger partial charge in [0.1, 0.15) is 0 Å². The van der Waals surface area contributed by atoms with Gasteiger partial charge in [0, 0.05) is 19.1 Å². The Bertz CT molecular complexity index is 277. The third-order valence-corrected chi connectivity index (χ3v) is 4.20. The van der Waals surface area contributed by atoms with E-state index in [0.29, 0.717) is 18.4 Å². The van der Waals surface area contributed by atoms with Crippen molar-refractivity contribution >= 4 is 5.91 Å². The van der Waals surface area contributed by atoms with E-state index in [0.717, 1.165) is 32.0 Å². The summed E-state index contributed by atoms with van der Waals surface area (Å²) in [4.78, 5) is 12.0. The highest BCUT2D eigenvalue weighted by Gasteiger charge is 2.27. The Morgan fingerprint density at radius 2 is 2.22 bits per heavy atom. The number of carbonyl (C=O) groups excluding carboxylic acids is 1. The number of carbonyl (C=O) groups is 1. The van der Waals surface area contributed by atoms with Crippen LogP contribution in [0.1, 0.15) is 39.5 Å². The van der Waals surface area contributed by atoms with Gasteiger partial charge in [0.05, 0.1) is 19.1 Å². The van der Waals surface area contributed by atoms with Gasteiger partial charge in [-0.2, -0.15) is 0 Å². The van der Waals surface area contributed by atoms with E-state index in [1.165, 1.54) is 12.8 Å². The smallest absolute Gasteiger partial charge is 0.222 e. The van der Waals surface area contributed by atoms with Crippen LogP contribution in [0.15, 0.2) is 0 Å². The van der Waals surface area contributed by atoms with Crippen molar-refractivity contribution in [1.29, 1.82) is 0 Å². The normalized spacial score (nSPS) is 37.2. The van der Waals surface area contributed by atoms with Crippen LogP contribution in [0, 0.1) is 11.8 Å². The molecule has 18 heavy (non-hydrogen) atoms. The fourth-order valence-corrected chi connectivity index (χ4v) is 3.10. The van der Waals surface area contributed by atoms with Crippen LogP contribution in [0.3, 0.4) is 0 Å². The number of rotatable bonds is 3. The molecule has 1 aliphatic carbocycles. The minimum atomic E-state index is 0.0524. The fourth-order valence-electron chi connectivity index (χ4n) is 3.10. The topological polar surface area (TPSA) is 50.4 Å². The van der Waals surface area contributed by atoms with Crippen molar-refractivity contribution in [2.75, 3.05) is 19.7 Å². The summed E-state index contributed by atoms with van der Waals surface area (Å²) in [6, 6.07) is 0.366. The second kappa shape index (κ2) is 6.53. The quantitative estimate of drug-likeness (QED) is 0.798. The van der Waals surface area contributed by atoms with Gasteiger partial charge in [0.2, 0.25) is 5.91 Å². The van der Waals surface area contributed by atoms with Crippen molar-refractivity contribution in [3.63, 3.8) is 0 Å². The fraction of sp³-hybridized carbons (Fsp3) is 0.929. The van der Waals surface area contributed by atoms with Gasteiger partial charge < -0.3 is 15.4 Å². The van der Waals surface area contributed by atoms with Crippen LogP contribution in [-0.4, -0.2) is 37.7 Å². The van der Waals surface area contributed by atoms with E-state index < -0.39 is 0 Å². The lowest BCUT2D eigenvalue weighted by Gasteiger charge is -2.33. The molecule has 1 amide bonds. The monoisotopic (exact) mass is 254 g/mol. The molecule has 1 saturated carbocycles. The minimum Gasteiger partial charge on any atom is -0.375 e. The molecule has 4 atom stereocenters. The molecule has 2 N–H and O–H groups in total. The summed E-state index contributed by atoms with van der Waals surface area (Å²) in [6.45, 7) is 6.96. The SMILES string of the molecule is CC1CCC(NC(=O)CC2CNCCO2)C(C)C1. The maximum absolute atomic E-state index is 12.0. The number of hydrogen-bond acceptors (Lipinski definition) is 3. The summed E-state index contributed by atoms with van der Waals surface area (Å²) in [6.07, 6.45) is 4.13. The summed E-state index contributed by atoms with van der Waals surface area (Å²) >= 11 is 0. The van der Waals surface area contributed by atoms with Crippen LogP contribution >= 0.6 is 0 Å². The molecule has 2 aliphatic rings. The van der Waals surface area contributed by atoms with Gasteiger partial charge in [-0.1, -0.05) is 13.8 Å². The Morgan fingerprint density at radius 3 is 2.89 bits per heavy atom. The van der Waals surface area contributed by atoms with Gasteiger partial charge in [-0.25, -0.2) is 0 Å². The van der Waals surface area contributed by atoms with Crippen LogP contribution in [0.5, 0.6) is 0 Å². The van der Waals surface area contributed by atoms with Gasteiger partial charge in [-0.05, 0) is 31.1 Å². The average molecular weight is 254 g/mol. The first-order valence-corrected chi connectivity index (χ1v) is 7.27. The highest BCUT2D eigenvalue weighted by atomic mass is 16.5. The zero-order valence-corrected chi connectivity index (χ0v) is 11.6. The van der Waals surface area contributed by atoms with Crippen molar-refractivity contribution in [3.8, 4) is 0 Å². The predicted octanol–water partition coefficient (Wildman–Crippen LogP) is 1.31. The number of nitrogens with one attached hydrogen (secondary N) is 2. The van der Waals surface area contributed by atoms with E-state index in [9.17, 15) is 4.79 Å². The molecule has 104 valence electrons. The van der Waals surface area contributed by atoms with Crippen LogP contribution < -0.4 is 10.6 Å². The molecule has 4 unspecified atom stereocenters. The van der Waals surface area contributed by atoms with Crippen LogP contribution in [0.4, 0.5) is 0 Å². The lowest BCUT2D eigenvalue weighted by atomic mass is 9.80. The first-order valence-electron chi connectivity index (χ1n) is 7.27. The lowest BCUT2D eigenvalue weighted by Crippen LogP contribution is -2.46. The molecule has 0 aromatic rings. The molecule has 1 aliphatic heterocycles. The molecule has 4 heteroatoms. The molecule has 0 radical (unpaired) electrons. The van der Waals surface area contributed by atoms with Gasteiger partial charge in [-0.3, -0.25) is 4.79 Å². The van der Waals surface area contributed by atoms with E-state index in [4.69, 9.17) is 4.74 Å². The molecule has 0 aromatic carbocycles. The maximum atomic E-state index is 12.0. The van der Waals surface area contributed by atoms with Crippen LogP contribution in [-0.2, 0) is 9.53 Å². The third kappa shape index (κ3) is 3.95. The van der Waals surface area contributed by atoms with Crippen molar-refractivity contribution in [2.24, 2.45) is 11.8 Å². The van der Waals surface area contributed by atoms with Crippen LogP contribution in [0.25, 0.3) is 0 Å². The number of amides is 1. The Kier molecular flexibility index (Phi) is 5.01. The first-order chi connectivity index (χ1) is 8.65. The van der Waals surface area contributed by atoms with E-state index in [-0.39, 0.29) is 12.0 Å². The molecule has 1 heterocycles. The Labute approximate surface area is 110 Å². The summed E-state index contributed by atoms with van der Waals surface area (Å²) in [5, 5.41) is 6.44. The van der Waals surface area contributed by atoms with Gasteiger partial charge in [0.25, 0.3) is 0 Å². The molecule has 4 nitrogen and oxygen atoms in total. The molecule has 0 spiro atoms. The second-order valence-electron chi connectivity index (χ2n) is 5.97. The molecular formula is C14H26N2O2. The Hall–Kier alpha value is -0.610. The summed E-state index contributed by atoms with van der Waals surface area (Å²) in [5.41, 5.74) is 0. The summed E-state index contributed by atoms with van der Waals surface area (Å²) < 4.78 is 5.56. The number of hydrogen-bond donors (Lipinski definition) is 2. The van der Waals surface area contributed by atoms with Crippen molar-refractivity contribution in [3.05, 3.63) is 0 Å². The summed E-state index contributed by atoms with van der Waals surface area (Å²) in [7, 11) is 0. The van der Waals surface area contributed by atoms with Crippen molar-refractivity contribution < 1.29 is 9.53 Å². The standard InChI is InChI=1S/C14H26N2O2/c1-10-3-4-13(11(2)7-10)16-14(17)8-12-9-15-5-6-18-12/h10-13,15H,3-9H2,1-2H3,(H,16,17). The Morgan fingerprint density at radius 1 is 1.39 bits per heavy atom. The molecule has 0 bridgehead atoms. The molecule has 0 aromatic heterocycles.